The molecule has 0 aliphatic carbocycles. The lowest BCUT2D eigenvalue weighted by atomic mass is 10.2. The molecule has 0 aromatic carbocycles. The van der Waals surface area contributed by atoms with Crippen molar-refractivity contribution in [1.29, 1.82) is 5.26 Å². The van der Waals surface area contributed by atoms with Crippen molar-refractivity contribution in [1.82, 2.24) is 0 Å². The Hall–Kier alpha value is -1.38. The minimum Gasteiger partial charge on any atom is -0.477 e. The van der Waals surface area contributed by atoms with Gasteiger partial charge in [0.25, 0.3) is 0 Å². The number of hydrogen-bond acceptors (Lipinski definition) is 4. The molecular formula is C10H17NO4. The van der Waals surface area contributed by atoms with E-state index in [9.17, 15) is 4.79 Å². The molecule has 3 N–H and O–H groups in total. The average Bonchev–Trinajstić information content (AvgIpc) is 2.24. The number of unbranched alkanes of at least 4 members (excludes halogenated alkanes) is 2. The predicted octanol–water partition coefficient (Wildman–Crippen LogP) is 0.682. The number of carboxylic acid groups (broad SMARTS) is 1. The van der Waals surface area contributed by atoms with Crippen molar-refractivity contribution >= 4 is 5.97 Å². The summed E-state index contributed by atoms with van der Waals surface area (Å²) in [6.45, 7) is 1.76. The van der Waals surface area contributed by atoms with Crippen LogP contribution in [0.25, 0.3) is 0 Å². The second-order valence-corrected chi connectivity index (χ2v) is 2.62. The topological polar surface area (TPSA) is 102 Å². The number of carboxylic acids is 1. The molecule has 0 radical (unpaired) electrons. The second kappa shape index (κ2) is 12.6. The van der Waals surface area contributed by atoms with Crippen LogP contribution in [0.2, 0.25) is 0 Å². The van der Waals surface area contributed by atoms with Crippen molar-refractivity contribution in [3.63, 3.8) is 0 Å². The van der Waals surface area contributed by atoms with Crippen LogP contribution in [-0.4, -0.2) is 34.5 Å². The number of nitriles is 1. The highest BCUT2D eigenvalue weighted by molar-refractivity contribution is 5.90. The van der Waals surface area contributed by atoms with Crippen LogP contribution in [0.5, 0.6) is 0 Å². The van der Waals surface area contributed by atoms with Gasteiger partial charge in [0.15, 0.2) is 0 Å². The summed E-state index contributed by atoms with van der Waals surface area (Å²) in [7, 11) is 0. The minimum atomic E-state index is -1.14. The zero-order valence-corrected chi connectivity index (χ0v) is 8.81. The predicted molar refractivity (Wildman–Crippen MR) is 55.0 cm³/mol. The quantitative estimate of drug-likeness (QED) is 0.355. The number of rotatable bonds is 5. The summed E-state index contributed by atoms with van der Waals surface area (Å²) in [5.41, 5.74) is -0.154. The molecule has 0 heterocycles. The lowest BCUT2D eigenvalue weighted by molar-refractivity contribution is -0.132. The highest BCUT2D eigenvalue weighted by Gasteiger charge is 2.03. The fourth-order valence-corrected chi connectivity index (χ4v) is 0.631. The van der Waals surface area contributed by atoms with E-state index < -0.39 is 5.97 Å². The highest BCUT2D eigenvalue weighted by Crippen LogP contribution is 2.00. The van der Waals surface area contributed by atoms with Crippen molar-refractivity contribution in [2.45, 2.75) is 26.2 Å². The molecule has 0 atom stereocenters. The summed E-state index contributed by atoms with van der Waals surface area (Å²) < 4.78 is 0. The van der Waals surface area contributed by atoms with Crippen LogP contribution in [-0.2, 0) is 4.79 Å². The maximum atomic E-state index is 10.2. The summed E-state index contributed by atoms with van der Waals surface area (Å²) in [6.07, 6.45) is 4.07. The minimum absolute atomic E-state index is 0.125. The van der Waals surface area contributed by atoms with Crippen LogP contribution in [0.15, 0.2) is 11.6 Å². The highest BCUT2D eigenvalue weighted by atomic mass is 16.4. The van der Waals surface area contributed by atoms with Gasteiger partial charge in [-0.15, -0.1) is 0 Å². The zero-order valence-electron chi connectivity index (χ0n) is 8.81. The lowest BCUT2D eigenvalue weighted by Gasteiger charge is -1.89. The Morgan fingerprint density at radius 3 is 2.20 bits per heavy atom. The van der Waals surface area contributed by atoms with Crippen LogP contribution < -0.4 is 0 Å². The van der Waals surface area contributed by atoms with Crippen molar-refractivity contribution in [2.24, 2.45) is 0 Å². The third-order valence-corrected chi connectivity index (χ3v) is 1.36. The van der Waals surface area contributed by atoms with Crippen LogP contribution in [0, 0.1) is 11.3 Å². The average molecular weight is 215 g/mol. The Kier molecular flexibility index (Phi) is 13.5. The Morgan fingerprint density at radius 1 is 1.40 bits per heavy atom. The fourth-order valence-electron chi connectivity index (χ4n) is 0.631. The molecule has 5 nitrogen and oxygen atoms in total. The smallest absolute Gasteiger partial charge is 0.346 e. The molecule has 0 aromatic rings. The Labute approximate surface area is 89.3 Å². The van der Waals surface area contributed by atoms with Crippen molar-refractivity contribution in [2.75, 3.05) is 13.2 Å². The third-order valence-electron chi connectivity index (χ3n) is 1.36. The number of aliphatic carboxylic acids is 1. The number of aliphatic hydroxyl groups excluding tert-OH is 2. The van der Waals surface area contributed by atoms with Gasteiger partial charge in [-0.1, -0.05) is 25.8 Å². The Morgan fingerprint density at radius 2 is 1.93 bits per heavy atom. The Bertz CT molecular complexity index is 228. The van der Waals surface area contributed by atoms with Crippen LogP contribution in [0.1, 0.15) is 26.2 Å². The number of aliphatic hydroxyl groups is 2. The first-order valence-electron chi connectivity index (χ1n) is 4.69. The standard InChI is InChI=1S/C8H11NO2.C2H6O2/c1-2-3-4-5-7(6-9)8(10)11;3-1-2-4/h5H,2-4H2,1H3,(H,10,11);3-4H,1-2H2. The second-order valence-electron chi connectivity index (χ2n) is 2.62. The largest absolute Gasteiger partial charge is 0.477 e. The molecule has 0 saturated carbocycles. The number of carbonyl (C=O) groups is 1. The fraction of sp³-hybridized carbons (Fsp3) is 0.600. The molecule has 0 unspecified atom stereocenters. The molecule has 0 bridgehead atoms. The van der Waals surface area contributed by atoms with Crippen LogP contribution in [0.4, 0.5) is 0 Å². The van der Waals surface area contributed by atoms with E-state index in [2.05, 4.69) is 0 Å². The molecule has 0 spiro atoms. The summed E-state index contributed by atoms with van der Waals surface area (Å²) >= 11 is 0. The first kappa shape index (κ1) is 16.1. The van der Waals surface area contributed by atoms with Gasteiger partial charge in [-0.2, -0.15) is 5.26 Å². The first-order chi connectivity index (χ1) is 7.13. The molecule has 0 amide bonds. The lowest BCUT2D eigenvalue weighted by Crippen LogP contribution is -1.97. The number of hydrogen-bond donors (Lipinski definition) is 3. The van der Waals surface area contributed by atoms with Crippen molar-refractivity contribution in [3.05, 3.63) is 11.6 Å². The monoisotopic (exact) mass is 215 g/mol. The van der Waals surface area contributed by atoms with Gasteiger partial charge in [0.1, 0.15) is 11.6 Å². The number of nitrogens with zero attached hydrogens (tertiary/aromatic N) is 1. The maximum Gasteiger partial charge on any atom is 0.346 e. The molecule has 0 fully saturated rings. The summed E-state index contributed by atoms with van der Waals surface area (Å²) in [6, 6.07) is 1.62. The molecule has 15 heavy (non-hydrogen) atoms. The summed E-state index contributed by atoms with van der Waals surface area (Å²) in [5, 5.41) is 31.9. The van der Waals surface area contributed by atoms with E-state index in [0.717, 1.165) is 12.8 Å². The van der Waals surface area contributed by atoms with Gasteiger partial charge >= 0.3 is 5.97 Å². The van der Waals surface area contributed by atoms with Gasteiger partial charge in [-0.25, -0.2) is 4.79 Å². The number of allylic oxidation sites excluding steroid dienone is 1. The molecule has 86 valence electrons. The maximum absolute atomic E-state index is 10.2. The Balaban J connectivity index is 0. The third kappa shape index (κ3) is 12.6. The molecule has 0 aliphatic heterocycles. The van der Waals surface area contributed by atoms with Crippen molar-refractivity contribution in [3.8, 4) is 6.07 Å². The van der Waals surface area contributed by atoms with Gasteiger partial charge in [0, 0.05) is 0 Å². The van der Waals surface area contributed by atoms with E-state index in [1.54, 1.807) is 6.07 Å². The van der Waals surface area contributed by atoms with Gasteiger partial charge in [0.2, 0.25) is 0 Å². The van der Waals surface area contributed by atoms with E-state index in [0.29, 0.717) is 6.42 Å². The zero-order chi connectivity index (χ0) is 12.1. The van der Waals surface area contributed by atoms with Gasteiger partial charge in [-0.05, 0) is 6.42 Å². The van der Waals surface area contributed by atoms with E-state index >= 15 is 0 Å². The summed E-state index contributed by atoms with van der Waals surface area (Å²) in [5.74, 6) is -1.14. The van der Waals surface area contributed by atoms with Crippen LogP contribution >= 0.6 is 0 Å². The molecule has 0 aliphatic rings. The molecule has 0 saturated heterocycles. The molecule has 0 aromatic heterocycles. The van der Waals surface area contributed by atoms with E-state index in [1.165, 1.54) is 6.08 Å². The van der Waals surface area contributed by atoms with Gasteiger partial charge in [0.05, 0.1) is 13.2 Å². The van der Waals surface area contributed by atoms with E-state index in [1.807, 2.05) is 6.92 Å². The van der Waals surface area contributed by atoms with Gasteiger partial charge < -0.3 is 15.3 Å². The molecular weight excluding hydrogens is 198 g/mol. The first-order valence-corrected chi connectivity index (χ1v) is 4.69. The normalized spacial score (nSPS) is 9.87. The molecule has 0 rings (SSSR count). The SMILES string of the molecule is CCCCC=C(C#N)C(=O)O.OCCO. The molecule has 5 heteroatoms. The van der Waals surface area contributed by atoms with Crippen LogP contribution in [0.3, 0.4) is 0 Å². The van der Waals surface area contributed by atoms with Crippen molar-refractivity contribution < 1.29 is 20.1 Å². The van der Waals surface area contributed by atoms with Gasteiger partial charge in [-0.3, -0.25) is 0 Å². The summed E-state index contributed by atoms with van der Waals surface area (Å²) in [4.78, 5) is 10.2. The van der Waals surface area contributed by atoms with E-state index in [4.69, 9.17) is 20.6 Å². The van der Waals surface area contributed by atoms with E-state index in [-0.39, 0.29) is 18.8 Å².